The van der Waals surface area contributed by atoms with Crippen molar-refractivity contribution in [3.63, 3.8) is 0 Å². The Hall–Kier alpha value is -2.24. The molecule has 0 spiro atoms. The van der Waals surface area contributed by atoms with Gasteiger partial charge in [-0.15, -0.1) is 10.2 Å². The summed E-state index contributed by atoms with van der Waals surface area (Å²) < 4.78 is 0. The van der Waals surface area contributed by atoms with Crippen LogP contribution in [0, 0.1) is 31.1 Å². The smallest absolute Gasteiger partial charge is 0.224 e. The maximum Gasteiger partial charge on any atom is 0.224 e. The van der Waals surface area contributed by atoms with E-state index in [0.29, 0.717) is 18.3 Å². The second-order valence-electron chi connectivity index (χ2n) is 9.41. The van der Waals surface area contributed by atoms with Crippen molar-refractivity contribution in [2.45, 2.75) is 64.3 Å². The van der Waals surface area contributed by atoms with E-state index in [1.165, 1.54) is 19.3 Å². The van der Waals surface area contributed by atoms with Crippen LogP contribution in [0.5, 0.6) is 0 Å². The highest BCUT2D eigenvalue weighted by Gasteiger charge is 2.59. The van der Waals surface area contributed by atoms with Crippen LogP contribution < -0.4 is 5.32 Å². The molecule has 4 atom stereocenters. The first-order valence-electron chi connectivity index (χ1n) is 10.1. The minimum Gasteiger partial charge on any atom is -0.326 e. The molecule has 4 fully saturated rings. The summed E-state index contributed by atoms with van der Waals surface area (Å²) in [7, 11) is 0. The van der Waals surface area contributed by atoms with E-state index in [-0.39, 0.29) is 16.9 Å². The number of carbonyl (C=O) groups excluding carboxylic acids is 1. The second kappa shape index (κ2) is 5.88. The fourth-order valence-corrected chi connectivity index (χ4v) is 6.60. The number of benzene rings is 1. The first-order chi connectivity index (χ1) is 12.9. The van der Waals surface area contributed by atoms with Crippen LogP contribution in [0.2, 0.25) is 0 Å². The van der Waals surface area contributed by atoms with Gasteiger partial charge in [0.1, 0.15) is 0 Å². The van der Waals surface area contributed by atoms with Gasteiger partial charge in [-0.1, -0.05) is 12.1 Å². The van der Waals surface area contributed by atoms with Crippen molar-refractivity contribution in [2.24, 2.45) is 17.3 Å². The van der Waals surface area contributed by atoms with Gasteiger partial charge in [0.15, 0.2) is 5.82 Å². The molecule has 4 aliphatic carbocycles. The van der Waals surface area contributed by atoms with Crippen LogP contribution >= 0.6 is 0 Å². The molecule has 4 bridgehead atoms. The molecule has 4 saturated carbocycles. The van der Waals surface area contributed by atoms with E-state index in [4.69, 9.17) is 0 Å². The third-order valence-corrected chi connectivity index (χ3v) is 6.93. The van der Waals surface area contributed by atoms with Gasteiger partial charge in [0, 0.05) is 12.1 Å². The highest BCUT2D eigenvalue weighted by atomic mass is 16.1. The van der Waals surface area contributed by atoms with Gasteiger partial charge < -0.3 is 5.32 Å². The second-order valence-corrected chi connectivity index (χ2v) is 9.41. The van der Waals surface area contributed by atoms with Gasteiger partial charge in [-0.25, -0.2) is 0 Å². The molecule has 142 valence electrons. The van der Waals surface area contributed by atoms with Gasteiger partial charge >= 0.3 is 0 Å². The summed E-state index contributed by atoms with van der Waals surface area (Å²) in [6, 6.07) is 8.03. The predicted molar refractivity (Wildman–Crippen MR) is 102 cm³/mol. The monoisotopic (exact) mass is 365 g/mol. The molecule has 2 aromatic rings. The Morgan fingerprint density at radius 3 is 2.67 bits per heavy atom. The fourth-order valence-electron chi connectivity index (χ4n) is 6.60. The number of anilines is 1. The average Bonchev–Trinajstić information content (AvgIpc) is 3.00. The van der Waals surface area contributed by atoms with Crippen LogP contribution in [-0.2, 0) is 10.3 Å². The Kier molecular flexibility index (Phi) is 3.68. The number of nitrogens with zero attached hydrogens (tertiary/aromatic N) is 4. The van der Waals surface area contributed by atoms with E-state index in [1.807, 2.05) is 42.9 Å². The molecule has 2 unspecified atom stereocenters. The van der Waals surface area contributed by atoms with Crippen molar-refractivity contribution < 1.29 is 4.79 Å². The number of carbonyl (C=O) groups is 1. The van der Waals surface area contributed by atoms with Gasteiger partial charge in [-0.3, -0.25) is 4.79 Å². The zero-order valence-electron chi connectivity index (χ0n) is 16.1. The average molecular weight is 365 g/mol. The van der Waals surface area contributed by atoms with Gasteiger partial charge in [-0.2, -0.15) is 4.80 Å². The Morgan fingerprint density at radius 1 is 1.22 bits per heavy atom. The Labute approximate surface area is 159 Å². The van der Waals surface area contributed by atoms with Gasteiger partial charge in [-0.05, 0) is 92.5 Å². The summed E-state index contributed by atoms with van der Waals surface area (Å²) >= 11 is 0. The molecule has 1 amide bonds. The summed E-state index contributed by atoms with van der Waals surface area (Å²) in [6.07, 6.45) is 7.52. The Bertz CT molecular complexity index is 874. The summed E-state index contributed by atoms with van der Waals surface area (Å²) in [5, 5.41) is 16.2. The number of aryl methyl sites for hydroxylation is 2. The number of amides is 1. The molecule has 6 rings (SSSR count). The van der Waals surface area contributed by atoms with Gasteiger partial charge in [0.05, 0.1) is 5.54 Å². The van der Waals surface area contributed by atoms with E-state index in [1.54, 1.807) is 0 Å². The summed E-state index contributed by atoms with van der Waals surface area (Å²) in [5.41, 5.74) is 2.11. The lowest BCUT2D eigenvalue weighted by molar-refractivity contribution is -0.135. The van der Waals surface area contributed by atoms with E-state index in [2.05, 4.69) is 20.7 Å². The predicted octanol–water partition coefficient (Wildman–Crippen LogP) is 3.61. The normalized spacial score (nSPS) is 34.0. The standard InChI is InChI=1S/C21H27N5O/c1-14-4-3-5-18(6-14)22-19(27)12-20-8-16-7-17(9-20)11-21(10-16,13-20)26-24-15(2)23-25-26/h3-6,16-17H,7-13H2,1-2H3,(H,22,27)/t16-,17+,20?,21?. The van der Waals surface area contributed by atoms with Crippen LogP contribution in [0.15, 0.2) is 24.3 Å². The van der Waals surface area contributed by atoms with Crippen molar-refractivity contribution in [1.29, 1.82) is 0 Å². The molecule has 6 nitrogen and oxygen atoms in total. The van der Waals surface area contributed by atoms with Crippen LogP contribution in [-0.4, -0.2) is 26.1 Å². The topological polar surface area (TPSA) is 72.7 Å². The maximum absolute atomic E-state index is 12.9. The van der Waals surface area contributed by atoms with Crippen molar-refractivity contribution in [2.75, 3.05) is 5.32 Å². The first kappa shape index (κ1) is 16.9. The number of rotatable bonds is 4. The quantitative estimate of drug-likeness (QED) is 0.898. The minimum atomic E-state index is -0.0328. The maximum atomic E-state index is 12.9. The first-order valence-corrected chi connectivity index (χ1v) is 10.1. The van der Waals surface area contributed by atoms with Crippen LogP contribution in [0.4, 0.5) is 5.69 Å². The lowest BCUT2D eigenvalue weighted by Gasteiger charge is -2.61. The SMILES string of the molecule is Cc1cccc(NC(=O)CC23C[C@H]4C[C@@H](C2)CC(n2nnc(C)n2)(C4)C3)c1. The Balaban J connectivity index is 1.38. The molecular formula is C21H27N5O. The summed E-state index contributed by atoms with van der Waals surface area (Å²) in [6.45, 7) is 3.95. The lowest BCUT2D eigenvalue weighted by Crippen LogP contribution is -2.57. The number of tetrazole rings is 1. The minimum absolute atomic E-state index is 0.0328. The Morgan fingerprint density at radius 2 is 2.00 bits per heavy atom. The van der Waals surface area contributed by atoms with E-state index in [0.717, 1.165) is 36.3 Å². The van der Waals surface area contributed by atoms with E-state index in [9.17, 15) is 4.79 Å². The number of aromatic nitrogens is 4. The van der Waals surface area contributed by atoms with E-state index < -0.39 is 0 Å². The summed E-state index contributed by atoms with van der Waals surface area (Å²) in [4.78, 5) is 14.8. The van der Waals surface area contributed by atoms with Crippen molar-refractivity contribution in [3.8, 4) is 0 Å². The van der Waals surface area contributed by atoms with Gasteiger partial charge in [0.2, 0.25) is 5.91 Å². The molecule has 1 N–H and O–H groups in total. The molecule has 6 heteroatoms. The number of hydrogen-bond donors (Lipinski definition) is 1. The van der Waals surface area contributed by atoms with Crippen molar-refractivity contribution in [3.05, 3.63) is 35.7 Å². The molecular weight excluding hydrogens is 338 g/mol. The molecule has 1 aromatic heterocycles. The number of hydrogen-bond acceptors (Lipinski definition) is 4. The third kappa shape index (κ3) is 2.95. The molecule has 1 aromatic carbocycles. The largest absolute Gasteiger partial charge is 0.326 e. The van der Waals surface area contributed by atoms with Crippen LogP contribution in [0.25, 0.3) is 0 Å². The van der Waals surface area contributed by atoms with Crippen LogP contribution in [0.1, 0.15) is 56.3 Å². The zero-order chi connectivity index (χ0) is 18.6. The fraction of sp³-hybridized carbons (Fsp3) is 0.619. The molecule has 1 heterocycles. The van der Waals surface area contributed by atoms with E-state index >= 15 is 0 Å². The number of nitrogens with one attached hydrogen (secondary N) is 1. The van der Waals surface area contributed by atoms with Crippen molar-refractivity contribution >= 4 is 11.6 Å². The zero-order valence-corrected chi connectivity index (χ0v) is 16.1. The third-order valence-electron chi connectivity index (χ3n) is 6.93. The summed E-state index contributed by atoms with van der Waals surface area (Å²) in [5.74, 6) is 2.24. The van der Waals surface area contributed by atoms with Gasteiger partial charge in [0.25, 0.3) is 0 Å². The lowest BCUT2D eigenvalue weighted by atomic mass is 9.46. The molecule has 0 saturated heterocycles. The molecule has 4 aliphatic rings. The highest BCUT2D eigenvalue weighted by molar-refractivity contribution is 5.91. The molecule has 0 aliphatic heterocycles. The molecule has 27 heavy (non-hydrogen) atoms. The molecule has 0 radical (unpaired) electrons. The van der Waals surface area contributed by atoms with Crippen LogP contribution in [0.3, 0.4) is 0 Å². The highest BCUT2D eigenvalue weighted by Crippen LogP contribution is 2.65. The van der Waals surface area contributed by atoms with Crippen molar-refractivity contribution in [1.82, 2.24) is 20.2 Å².